The average molecular weight is 116 g/mol. The van der Waals surface area contributed by atoms with Crippen molar-refractivity contribution >= 4 is 17.9 Å². The van der Waals surface area contributed by atoms with Gasteiger partial charge in [0.2, 0.25) is 0 Å². The van der Waals surface area contributed by atoms with Crippen LogP contribution in [0.4, 0.5) is 0 Å². The molecule has 0 fully saturated rings. The van der Waals surface area contributed by atoms with E-state index in [2.05, 4.69) is 10.3 Å². The van der Waals surface area contributed by atoms with Crippen LogP contribution in [0.3, 0.4) is 0 Å². The first-order valence-corrected chi connectivity index (χ1v) is 2.28. The van der Waals surface area contributed by atoms with E-state index in [1.54, 1.807) is 0 Å². The Kier molecular flexibility index (Phi) is 1.02. The molecule has 0 N–H and O–H groups in total. The summed E-state index contributed by atoms with van der Waals surface area (Å²) < 4.78 is 0. The molecular weight excluding hydrogens is 112 g/mol. The normalized spacial score (nSPS) is 18.0. The fourth-order valence-electron chi connectivity index (χ4n) is 0.313. The zero-order valence-electron chi connectivity index (χ0n) is 3.85. The lowest BCUT2D eigenvalue weighted by Crippen LogP contribution is -1.88. The summed E-state index contributed by atoms with van der Waals surface area (Å²) in [5.41, 5.74) is 0.793. The molecule has 0 bridgehead atoms. The molecule has 1 aliphatic rings. The summed E-state index contributed by atoms with van der Waals surface area (Å²) in [7, 11) is 0. The Labute approximate surface area is 46.9 Å². The SMILES string of the molecule is CC1=C(Cl)[N]C=N1. The third-order valence-electron chi connectivity index (χ3n) is 0.721. The van der Waals surface area contributed by atoms with E-state index in [1.165, 1.54) is 6.34 Å². The van der Waals surface area contributed by atoms with Gasteiger partial charge in [-0.25, -0.2) is 10.3 Å². The molecule has 0 spiro atoms. The van der Waals surface area contributed by atoms with Crippen molar-refractivity contribution in [2.75, 3.05) is 0 Å². The molecule has 1 aliphatic heterocycles. The number of hydrogen-bond acceptors (Lipinski definition) is 1. The van der Waals surface area contributed by atoms with Gasteiger partial charge in [-0.3, -0.25) is 0 Å². The van der Waals surface area contributed by atoms with Crippen molar-refractivity contribution in [1.29, 1.82) is 0 Å². The van der Waals surface area contributed by atoms with Crippen LogP contribution in [0.2, 0.25) is 0 Å². The Morgan fingerprint density at radius 3 is 2.57 bits per heavy atom. The van der Waals surface area contributed by atoms with Gasteiger partial charge in [0, 0.05) is 0 Å². The summed E-state index contributed by atoms with van der Waals surface area (Å²) in [6.45, 7) is 1.81. The Hall–Kier alpha value is -0.500. The summed E-state index contributed by atoms with van der Waals surface area (Å²) in [5.74, 6) is 0. The maximum Gasteiger partial charge on any atom is 0.152 e. The maximum absolute atomic E-state index is 5.45. The summed E-state index contributed by atoms with van der Waals surface area (Å²) in [6, 6.07) is 0. The molecule has 2 nitrogen and oxygen atoms in total. The van der Waals surface area contributed by atoms with Gasteiger partial charge >= 0.3 is 0 Å². The van der Waals surface area contributed by atoms with Crippen LogP contribution < -0.4 is 5.32 Å². The Morgan fingerprint density at radius 1 is 1.71 bits per heavy atom. The van der Waals surface area contributed by atoms with Gasteiger partial charge in [-0.1, -0.05) is 11.6 Å². The van der Waals surface area contributed by atoms with Crippen LogP contribution in [-0.4, -0.2) is 6.34 Å². The lowest BCUT2D eigenvalue weighted by Gasteiger charge is -1.81. The van der Waals surface area contributed by atoms with E-state index in [1.807, 2.05) is 6.92 Å². The van der Waals surface area contributed by atoms with Gasteiger partial charge in [0.05, 0.1) is 5.70 Å². The van der Waals surface area contributed by atoms with E-state index in [9.17, 15) is 0 Å². The number of allylic oxidation sites excluding steroid dienone is 1. The molecule has 1 rings (SSSR count). The van der Waals surface area contributed by atoms with Crippen molar-refractivity contribution in [1.82, 2.24) is 5.32 Å². The maximum atomic E-state index is 5.45. The molecule has 0 unspecified atom stereocenters. The number of nitrogens with zero attached hydrogens (tertiary/aromatic N) is 2. The van der Waals surface area contributed by atoms with Crippen molar-refractivity contribution in [2.24, 2.45) is 4.99 Å². The Morgan fingerprint density at radius 2 is 2.43 bits per heavy atom. The molecule has 3 heteroatoms. The quantitative estimate of drug-likeness (QED) is 0.422. The van der Waals surface area contributed by atoms with Crippen LogP contribution >= 0.6 is 11.6 Å². The average Bonchev–Trinajstić information content (AvgIpc) is 1.91. The molecule has 0 saturated carbocycles. The zero-order chi connectivity index (χ0) is 5.28. The molecule has 0 aromatic carbocycles. The molecular formula is C4H4ClN2. The van der Waals surface area contributed by atoms with Gasteiger partial charge in [-0.05, 0) is 6.92 Å². The Bertz CT molecular complexity index is 137. The second-order valence-electron chi connectivity index (χ2n) is 1.25. The minimum atomic E-state index is 0.500. The zero-order valence-corrected chi connectivity index (χ0v) is 4.61. The van der Waals surface area contributed by atoms with Gasteiger partial charge < -0.3 is 0 Å². The minimum Gasteiger partial charge on any atom is -0.238 e. The van der Waals surface area contributed by atoms with Crippen molar-refractivity contribution in [2.45, 2.75) is 6.92 Å². The molecule has 37 valence electrons. The summed E-state index contributed by atoms with van der Waals surface area (Å²) in [4.78, 5) is 3.77. The standard InChI is InChI=1S/C4H4ClN2/c1-3-4(5)7-2-6-3/h2H,1H3. The first-order valence-electron chi connectivity index (χ1n) is 1.90. The van der Waals surface area contributed by atoms with Crippen LogP contribution in [-0.2, 0) is 0 Å². The van der Waals surface area contributed by atoms with Crippen LogP contribution in [0, 0.1) is 0 Å². The fourth-order valence-corrected chi connectivity index (χ4v) is 0.405. The third-order valence-corrected chi connectivity index (χ3v) is 1.09. The molecule has 1 heterocycles. The molecule has 0 aliphatic carbocycles. The molecule has 0 atom stereocenters. The largest absolute Gasteiger partial charge is 0.238 e. The molecule has 0 aromatic heterocycles. The van der Waals surface area contributed by atoms with Gasteiger partial charge in [0.25, 0.3) is 0 Å². The molecule has 7 heavy (non-hydrogen) atoms. The molecule has 0 saturated heterocycles. The molecule has 1 radical (unpaired) electrons. The van der Waals surface area contributed by atoms with E-state index in [0.29, 0.717) is 5.16 Å². The fraction of sp³-hybridized carbons (Fsp3) is 0.250. The molecule has 0 amide bonds. The monoisotopic (exact) mass is 115 g/mol. The Balaban J connectivity index is 2.79. The van der Waals surface area contributed by atoms with Crippen LogP contribution in [0.25, 0.3) is 0 Å². The first kappa shape index (κ1) is 4.65. The highest BCUT2D eigenvalue weighted by molar-refractivity contribution is 6.30. The van der Waals surface area contributed by atoms with Crippen molar-refractivity contribution < 1.29 is 0 Å². The van der Waals surface area contributed by atoms with Crippen LogP contribution in [0.1, 0.15) is 6.92 Å². The summed E-state index contributed by atoms with van der Waals surface area (Å²) in [6.07, 6.45) is 1.44. The highest BCUT2D eigenvalue weighted by Gasteiger charge is 2.01. The van der Waals surface area contributed by atoms with Crippen LogP contribution in [0.15, 0.2) is 15.8 Å². The number of halogens is 1. The number of hydrogen-bond donors (Lipinski definition) is 0. The lowest BCUT2D eigenvalue weighted by molar-refractivity contribution is 1.25. The highest BCUT2D eigenvalue weighted by atomic mass is 35.5. The van der Waals surface area contributed by atoms with Crippen molar-refractivity contribution in [3.63, 3.8) is 0 Å². The van der Waals surface area contributed by atoms with Crippen molar-refractivity contribution in [3.8, 4) is 0 Å². The second-order valence-corrected chi connectivity index (χ2v) is 1.61. The smallest absolute Gasteiger partial charge is 0.152 e. The predicted octanol–water partition coefficient (Wildman–Crippen LogP) is 1.06. The van der Waals surface area contributed by atoms with Gasteiger partial charge in [-0.2, -0.15) is 0 Å². The number of aliphatic imine (C=N–C) groups is 1. The second kappa shape index (κ2) is 1.54. The first-order chi connectivity index (χ1) is 3.30. The minimum absolute atomic E-state index is 0.500. The van der Waals surface area contributed by atoms with E-state index in [4.69, 9.17) is 11.6 Å². The number of rotatable bonds is 0. The topological polar surface area (TPSA) is 26.5 Å². The van der Waals surface area contributed by atoms with Gasteiger partial charge in [-0.15, -0.1) is 0 Å². The molecule has 0 aromatic rings. The van der Waals surface area contributed by atoms with Gasteiger partial charge in [0.15, 0.2) is 5.16 Å². The van der Waals surface area contributed by atoms with E-state index in [-0.39, 0.29) is 0 Å². The van der Waals surface area contributed by atoms with Gasteiger partial charge in [0.1, 0.15) is 6.34 Å². The van der Waals surface area contributed by atoms with E-state index >= 15 is 0 Å². The predicted molar refractivity (Wildman–Crippen MR) is 29.2 cm³/mol. The van der Waals surface area contributed by atoms with Crippen LogP contribution in [0.5, 0.6) is 0 Å². The third kappa shape index (κ3) is 0.747. The van der Waals surface area contributed by atoms with E-state index in [0.717, 1.165) is 5.70 Å². The highest BCUT2D eigenvalue weighted by Crippen LogP contribution is 2.10. The van der Waals surface area contributed by atoms with E-state index < -0.39 is 0 Å². The summed E-state index contributed by atoms with van der Waals surface area (Å²) in [5, 5.41) is 4.17. The summed E-state index contributed by atoms with van der Waals surface area (Å²) >= 11 is 5.45. The lowest BCUT2D eigenvalue weighted by atomic mass is 10.6. The van der Waals surface area contributed by atoms with Crippen molar-refractivity contribution in [3.05, 3.63) is 10.9 Å².